The maximum absolute atomic E-state index is 12.7. The third kappa shape index (κ3) is 4.27. The number of fused-ring (bicyclic) bond motifs is 1. The fourth-order valence-corrected chi connectivity index (χ4v) is 2.85. The molecule has 8 heteroatoms. The normalized spacial score (nSPS) is 19.5. The van der Waals surface area contributed by atoms with E-state index in [1.807, 2.05) is 24.3 Å². The summed E-state index contributed by atoms with van der Waals surface area (Å²) in [6, 6.07) is 7.26. The van der Waals surface area contributed by atoms with E-state index in [0.717, 1.165) is 30.3 Å². The van der Waals surface area contributed by atoms with Gasteiger partial charge in [-0.25, -0.2) is 4.98 Å². The molecular formula is C14H18Cl2F3N3. The van der Waals surface area contributed by atoms with E-state index in [-0.39, 0.29) is 30.9 Å². The highest BCUT2D eigenvalue weighted by Crippen LogP contribution is 2.32. The first-order chi connectivity index (χ1) is 9.53. The SMILES string of the molecule is Cl.Cl.FC(F)(F)CN1CCCCC1c1nc2ccccc2[nH]1. The Labute approximate surface area is 139 Å². The van der Waals surface area contributed by atoms with Crippen molar-refractivity contribution in [3.63, 3.8) is 0 Å². The van der Waals surface area contributed by atoms with Crippen molar-refractivity contribution in [2.45, 2.75) is 31.5 Å². The Kier molecular flexibility index (Phi) is 6.52. The fourth-order valence-electron chi connectivity index (χ4n) is 2.85. The van der Waals surface area contributed by atoms with Crippen LogP contribution in [0.3, 0.4) is 0 Å². The van der Waals surface area contributed by atoms with Crippen LogP contribution in [0.2, 0.25) is 0 Å². The van der Waals surface area contributed by atoms with Crippen molar-refractivity contribution in [1.29, 1.82) is 0 Å². The molecule has 22 heavy (non-hydrogen) atoms. The molecular weight excluding hydrogens is 338 g/mol. The van der Waals surface area contributed by atoms with Gasteiger partial charge in [-0.2, -0.15) is 13.2 Å². The number of halogens is 5. The zero-order valence-electron chi connectivity index (χ0n) is 11.8. The van der Waals surface area contributed by atoms with E-state index in [1.54, 1.807) is 0 Å². The number of H-pyrrole nitrogens is 1. The Morgan fingerprint density at radius 2 is 1.91 bits per heavy atom. The van der Waals surface area contributed by atoms with Crippen molar-refractivity contribution in [3.05, 3.63) is 30.1 Å². The first kappa shape index (κ1) is 19.1. The number of piperidine rings is 1. The van der Waals surface area contributed by atoms with Gasteiger partial charge in [0.15, 0.2) is 0 Å². The summed E-state index contributed by atoms with van der Waals surface area (Å²) in [6.07, 6.45) is -1.69. The topological polar surface area (TPSA) is 31.9 Å². The largest absolute Gasteiger partial charge is 0.401 e. The van der Waals surface area contributed by atoms with Gasteiger partial charge in [0.05, 0.1) is 23.6 Å². The van der Waals surface area contributed by atoms with Crippen molar-refractivity contribution in [2.75, 3.05) is 13.1 Å². The Morgan fingerprint density at radius 1 is 1.18 bits per heavy atom. The third-order valence-electron chi connectivity index (χ3n) is 3.72. The predicted molar refractivity (Wildman–Crippen MR) is 84.8 cm³/mol. The molecule has 1 saturated heterocycles. The molecule has 3 rings (SSSR count). The summed E-state index contributed by atoms with van der Waals surface area (Å²) in [6.45, 7) is -0.393. The van der Waals surface area contributed by atoms with Gasteiger partial charge in [0.2, 0.25) is 0 Å². The number of rotatable bonds is 2. The van der Waals surface area contributed by atoms with Crippen molar-refractivity contribution in [2.24, 2.45) is 0 Å². The number of aromatic amines is 1. The standard InChI is InChI=1S/C14H16F3N3.2ClH/c15-14(16,17)9-20-8-4-3-7-12(20)13-18-10-5-1-2-6-11(10)19-13;;/h1-2,5-6,12H,3-4,7-9H2,(H,18,19);2*1H. The summed E-state index contributed by atoms with van der Waals surface area (Å²) in [5, 5.41) is 0. The maximum atomic E-state index is 12.7. The van der Waals surface area contributed by atoms with Crippen LogP contribution in [-0.4, -0.2) is 34.1 Å². The minimum absolute atomic E-state index is 0. The van der Waals surface area contributed by atoms with E-state index in [9.17, 15) is 13.2 Å². The van der Waals surface area contributed by atoms with Crippen LogP contribution in [0, 0.1) is 0 Å². The minimum Gasteiger partial charge on any atom is -0.341 e. The van der Waals surface area contributed by atoms with Crippen LogP contribution in [0.5, 0.6) is 0 Å². The number of para-hydroxylation sites is 2. The average molecular weight is 356 g/mol. The lowest BCUT2D eigenvalue weighted by atomic mass is 10.0. The van der Waals surface area contributed by atoms with Gasteiger partial charge in [-0.15, -0.1) is 24.8 Å². The fraction of sp³-hybridized carbons (Fsp3) is 0.500. The number of benzene rings is 1. The molecule has 2 heterocycles. The van der Waals surface area contributed by atoms with Gasteiger partial charge in [-0.3, -0.25) is 4.90 Å². The number of nitrogens with one attached hydrogen (secondary N) is 1. The Balaban J connectivity index is 0.00000121. The third-order valence-corrected chi connectivity index (χ3v) is 3.72. The smallest absolute Gasteiger partial charge is 0.341 e. The summed E-state index contributed by atoms with van der Waals surface area (Å²) in [7, 11) is 0. The van der Waals surface area contributed by atoms with E-state index >= 15 is 0 Å². The molecule has 0 amide bonds. The quantitative estimate of drug-likeness (QED) is 0.860. The van der Waals surface area contributed by atoms with Crippen LogP contribution in [0.25, 0.3) is 11.0 Å². The molecule has 2 aromatic rings. The number of hydrogen-bond donors (Lipinski definition) is 1. The van der Waals surface area contributed by atoms with Gasteiger partial charge >= 0.3 is 6.18 Å². The molecule has 1 unspecified atom stereocenters. The highest BCUT2D eigenvalue weighted by atomic mass is 35.5. The van der Waals surface area contributed by atoms with E-state index in [0.29, 0.717) is 12.4 Å². The first-order valence-electron chi connectivity index (χ1n) is 6.78. The summed E-state index contributed by atoms with van der Waals surface area (Å²) in [5.41, 5.74) is 1.68. The summed E-state index contributed by atoms with van der Waals surface area (Å²) < 4.78 is 38.0. The minimum atomic E-state index is -4.17. The van der Waals surface area contributed by atoms with Crippen LogP contribution < -0.4 is 0 Å². The molecule has 0 aliphatic carbocycles. The molecule has 3 nitrogen and oxygen atoms in total. The van der Waals surface area contributed by atoms with Crippen molar-refractivity contribution >= 4 is 35.8 Å². The first-order valence-corrected chi connectivity index (χ1v) is 6.78. The number of nitrogens with zero attached hydrogens (tertiary/aromatic N) is 2. The van der Waals surface area contributed by atoms with Gasteiger partial charge in [0.25, 0.3) is 0 Å². The molecule has 1 aliphatic rings. The molecule has 1 aliphatic heterocycles. The van der Waals surface area contributed by atoms with Gasteiger partial charge in [0, 0.05) is 0 Å². The maximum Gasteiger partial charge on any atom is 0.401 e. The van der Waals surface area contributed by atoms with Gasteiger partial charge in [-0.1, -0.05) is 18.6 Å². The Morgan fingerprint density at radius 3 is 2.59 bits per heavy atom. The second-order valence-corrected chi connectivity index (χ2v) is 5.24. The average Bonchev–Trinajstić information content (AvgIpc) is 2.81. The van der Waals surface area contributed by atoms with E-state index in [4.69, 9.17) is 0 Å². The van der Waals surface area contributed by atoms with E-state index < -0.39 is 12.7 Å². The molecule has 0 saturated carbocycles. The number of imidazole rings is 1. The number of alkyl halides is 3. The lowest BCUT2D eigenvalue weighted by molar-refractivity contribution is -0.154. The van der Waals surface area contributed by atoms with Gasteiger partial charge < -0.3 is 4.98 Å². The molecule has 0 spiro atoms. The van der Waals surface area contributed by atoms with E-state index in [2.05, 4.69) is 9.97 Å². The molecule has 0 radical (unpaired) electrons. The molecule has 1 N–H and O–H groups in total. The van der Waals surface area contributed by atoms with Crippen LogP contribution in [-0.2, 0) is 0 Å². The highest BCUT2D eigenvalue weighted by Gasteiger charge is 2.36. The van der Waals surface area contributed by atoms with Crippen LogP contribution >= 0.6 is 24.8 Å². The lowest BCUT2D eigenvalue weighted by Crippen LogP contribution is -2.40. The molecule has 1 aromatic carbocycles. The highest BCUT2D eigenvalue weighted by molar-refractivity contribution is 5.85. The van der Waals surface area contributed by atoms with Crippen molar-refractivity contribution in [1.82, 2.24) is 14.9 Å². The predicted octanol–water partition coefficient (Wildman–Crippen LogP) is 4.50. The van der Waals surface area contributed by atoms with Crippen molar-refractivity contribution < 1.29 is 13.2 Å². The van der Waals surface area contributed by atoms with Gasteiger partial charge in [0.1, 0.15) is 5.82 Å². The second kappa shape index (κ2) is 7.53. The Hall–Kier alpha value is -0.980. The Bertz CT molecular complexity index is 567. The molecule has 1 fully saturated rings. The zero-order valence-corrected chi connectivity index (χ0v) is 13.4. The molecule has 1 aromatic heterocycles. The van der Waals surface area contributed by atoms with Crippen LogP contribution in [0.15, 0.2) is 24.3 Å². The number of hydrogen-bond acceptors (Lipinski definition) is 2. The van der Waals surface area contributed by atoms with Gasteiger partial charge in [-0.05, 0) is 31.5 Å². The monoisotopic (exact) mass is 355 g/mol. The summed E-state index contributed by atoms with van der Waals surface area (Å²) in [5.74, 6) is 0.648. The summed E-state index contributed by atoms with van der Waals surface area (Å²) >= 11 is 0. The number of likely N-dealkylation sites (tertiary alicyclic amines) is 1. The molecule has 0 bridgehead atoms. The van der Waals surface area contributed by atoms with E-state index in [1.165, 1.54) is 4.90 Å². The zero-order chi connectivity index (χ0) is 14.2. The summed E-state index contributed by atoms with van der Waals surface area (Å²) in [4.78, 5) is 9.10. The van der Waals surface area contributed by atoms with Crippen molar-refractivity contribution in [3.8, 4) is 0 Å². The van der Waals surface area contributed by atoms with Crippen LogP contribution in [0.4, 0.5) is 13.2 Å². The van der Waals surface area contributed by atoms with Crippen LogP contribution in [0.1, 0.15) is 31.1 Å². The molecule has 124 valence electrons. The molecule has 1 atom stereocenters. The second-order valence-electron chi connectivity index (χ2n) is 5.24. The lowest BCUT2D eigenvalue weighted by Gasteiger charge is -2.34. The number of aromatic nitrogens is 2.